The lowest BCUT2D eigenvalue weighted by Crippen LogP contribution is -2.32. The van der Waals surface area contributed by atoms with Crippen molar-refractivity contribution in [3.05, 3.63) is 70.3 Å². The molecule has 0 unspecified atom stereocenters. The smallest absolute Gasteiger partial charge is 0.295 e. The summed E-state index contributed by atoms with van der Waals surface area (Å²) in [6, 6.07) is 11.5. The second-order valence-corrected chi connectivity index (χ2v) is 11.1. The average molecular weight is 506 g/mol. The molecule has 1 amide bonds. The molecule has 182 valence electrons. The summed E-state index contributed by atoms with van der Waals surface area (Å²) in [6.07, 6.45) is 0.640. The summed E-state index contributed by atoms with van der Waals surface area (Å²) in [6.45, 7) is 1.05. The Balaban J connectivity index is 2.08. The number of rotatable bonds is 8. The van der Waals surface area contributed by atoms with Crippen molar-refractivity contribution < 1.29 is 23.1 Å². The standard InChI is InChI=1S/C24H28ClN3O5S/c1-26(2)14-5-15-28-21(16-6-10-18(25)11-7-16)20(23(30)24(28)31)22(29)17-8-12-19(13-9-17)34(32,33)27(3)4/h6-13,21,29H,5,14-15H2,1-4H3/b22-20+/t21-/m1/s1. The lowest BCUT2D eigenvalue weighted by atomic mass is 9.95. The van der Waals surface area contributed by atoms with Crippen LogP contribution < -0.4 is 0 Å². The number of Topliss-reactive ketones (excluding diaryl/α,β-unsaturated/α-hetero) is 1. The molecule has 0 radical (unpaired) electrons. The molecule has 1 saturated heterocycles. The van der Waals surface area contributed by atoms with Crippen molar-refractivity contribution in [2.45, 2.75) is 17.4 Å². The van der Waals surface area contributed by atoms with Crippen LogP contribution in [0, 0.1) is 0 Å². The molecule has 3 rings (SSSR count). The molecule has 0 spiro atoms. The Morgan fingerprint density at radius 3 is 2.12 bits per heavy atom. The number of likely N-dealkylation sites (tertiary alicyclic amines) is 1. The lowest BCUT2D eigenvalue weighted by Gasteiger charge is -2.26. The van der Waals surface area contributed by atoms with Gasteiger partial charge in [0.25, 0.3) is 11.7 Å². The fraction of sp³-hybridized carbons (Fsp3) is 0.333. The molecule has 0 saturated carbocycles. The Hall–Kier alpha value is -2.72. The van der Waals surface area contributed by atoms with Gasteiger partial charge in [0.2, 0.25) is 10.0 Å². The van der Waals surface area contributed by atoms with Crippen molar-refractivity contribution >= 4 is 39.1 Å². The average Bonchev–Trinajstić information content (AvgIpc) is 3.04. The zero-order valence-electron chi connectivity index (χ0n) is 19.5. The second kappa shape index (κ2) is 10.3. The van der Waals surface area contributed by atoms with Crippen LogP contribution in [0.1, 0.15) is 23.6 Å². The number of amides is 1. The number of aliphatic hydroxyl groups is 1. The summed E-state index contributed by atoms with van der Waals surface area (Å²) in [5.74, 6) is -1.83. The molecule has 1 heterocycles. The molecule has 1 aliphatic heterocycles. The molecule has 2 aromatic carbocycles. The van der Waals surface area contributed by atoms with E-state index < -0.39 is 27.8 Å². The Kier molecular flexibility index (Phi) is 7.82. The normalized spacial score (nSPS) is 18.3. The van der Waals surface area contributed by atoms with Crippen molar-refractivity contribution in [1.29, 1.82) is 0 Å². The zero-order valence-corrected chi connectivity index (χ0v) is 21.1. The van der Waals surface area contributed by atoms with E-state index >= 15 is 0 Å². The van der Waals surface area contributed by atoms with E-state index in [9.17, 15) is 23.1 Å². The highest BCUT2D eigenvalue weighted by Crippen LogP contribution is 2.39. The van der Waals surface area contributed by atoms with E-state index in [1.54, 1.807) is 24.3 Å². The first-order chi connectivity index (χ1) is 15.9. The minimum Gasteiger partial charge on any atom is -0.507 e. The summed E-state index contributed by atoms with van der Waals surface area (Å²) >= 11 is 6.03. The third kappa shape index (κ3) is 5.17. The van der Waals surface area contributed by atoms with Gasteiger partial charge in [-0.15, -0.1) is 0 Å². The minimum absolute atomic E-state index is 0.0413. The van der Waals surface area contributed by atoms with E-state index in [-0.39, 0.29) is 21.8 Å². The second-order valence-electron chi connectivity index (χ2n) is 8.51. The van der Waals surface area contributed by atoms with Gasteiger partial charge in [-0.25, -0.2) is 12.7 Å². The van der Waals surface area contributed by atoms with Gasteiger partial charge < -0.3 is 14.9 Å². The molecule has 1 aliphatic rings. The zero-order chi connectivity index (χ0) is 25.2. The van der Waals surface area contributed by atoms with Gasteiger partial charge in [0, 0.05) is 31.2 Å². The fourth-order valence-electron chi connectivity index (χ4n) is 3.81. The number of hydrogen-bond acceptors (Lipinski definition) is 6. The summed E-state index contributed by atoms with van der Waals surface area (Å²) in [5, 5.41) is 11.6. The number of sulfonamides is 1. The van der Waals surface area contributed by atoms with Crippen LogP contribution in [-0.2, 0) is 19.6 Å². The Bertz CT molecular complexity index is 1210. The van der Waals surface area contributed by atoms with Gasteiger partial charge in [0.15, 0.2) is 0 Å². The van der Waals surface area contributed by atoms with E-state index in [0.717, 1.165) is 10.8 Å². The van der Waals surface area contributed by atoms with E-state index in [4.69, 9.17) is 11.6 Å². The molecule has 0 bridgehead atoms. The van der Waals surface area contributed by atoms with Gasteiger partial charge in [-0.2, -0.15) is 0 Å². The highest BCUT2D eigenvalue weighted by molar-refractivity contribution is 7.89. The van der Waals surface area contributed by atoms with Gasteiger partial charge in [0.1, 0.15) is 5.76 Å². The van der Waals surface area contributed by atoms with Gasteiger partial charge >= 0.3 is 0 Å². The van der Waals surface area contributed by atoms with Crippen LogP contribution >= 0.6 is 11.6 Å². The third-order valence-electron chi connectivity index (χ3n) is 5.64. The summed E-state index contributed by atoms with van der Waals surface area (Å²) in [4.78, 5) is 29.5. The molecule has 8 nitrogen and oxygen atoms in total. The molecule has 1 N–H and O–H groups in total. The Morgan fingerprint density at radius 1 is 1.00 bits per heavy atom. The Morgan fingerprint density at radius 2 is 1.59 bits per heavy atom. The topological polar surface area (TPSA) is 98.2 Å². The van der Waals surface area contributed by atoms with Crippen molar-refractivity contribution in [2.75, 3.05) is 41.3 Å². The summed E-state index contributed by atoms with van der Waals surface area (Å²) in [5.41, 5.74) is 0.838. The van der Waals surface area contributed by atoms with Crippen molar-refractivity contribution in [3.8, 4) is 0 Å². The molecular weight excluding hydrogens is 478 g/mol. The maximum atomic E-state index is 13.0. The van der Waals surface area contributed by atoms with E-state index in [0.29, 0.717) is 23.6 Å². The number of benzene rings is 2. The number of carbonyl (C=O) groups excluding carboxylic acids is 2. The highest BCUT2D eigenvalue weighted by atomic mass is 35.5. The number of aliphatic hydroxyl groups excluding tert-OH is 1. The fourth-order valence-corrected chi connectivity index (χ4v) is 4.84. The first-order valence-corrected chi connectivity index (χ1v) is 12.5. The highest BCUT2D eigenvalue weighted by Gasteiger charge is 2.45. The number of carbonyl (C=O) groups is 2. The number of hydrogen-bond donors (Lipinski definition) is 1. The van der Waals surface area contributed by atoms with Crippen LogP contribution in [-0.4, -0.2) is 80.6 Å². The molecule has 2 aromatic rings. The SMILES string of the molecule is CN(C)CCCN1C(=O)C(=O)/C(=C(/O)c2ccc(S(=O)(=O)N(C)C)cc2)[C@H]1c1ccc(Cl)cc1. The van der Waals surface area contributed by atoms with Gasteiger partial charge in [-0.1, -0.05) is 23.7 Å². The van der Waals surface area contributed by atoms with Crippen molar-refractivity contribution in [2.24, 2.45) is 0 Å². The predicted octanol–water partition coefficient (Wildman–Crippen LogP) is 2.96. The number of nitrogens with zero attached hydrogens (tertiary/aromatic N) is 3. The molecule has 34 heavy (non-hydrogen) atoms. The molecule has 1 fully saturated rings. The van der Waals surface area contributed by atoms with Crippen LogP contribution in [0.15, 0.2) is 59.0 Å². The van der Waals surface area contributed by atoms with E-state index in [1.165, 1.54) is 43.3 Å². The molecule has 0 aliphatic carbocycles. The summed E-state index contributed by atoms with van der Waals surface area (Å²) < 4.78 is 25.8. The number of ketones is 1. The number of halogens is 1. The maximum Gasteiger partial charge on any atom is 0.295 e. The Labute approximate surface area is 205 Å². The van der Waals surface area contributed by atoms with Crippen molar-refractivity contribution in [1.82, 2.24) is 14.1 Å². The van der Waals surface area contributed by atoms with Crippen LogP contribution in [0.2, 0.25) is 5.02 Å². The molecule has 1 atom stereocenters. The maximum absolute atomic E-state index is 13.0. The third-order valence-corrected chi connectivity index (χ3v) is 7.72. The monoisotopic (exact) mass is 505 g/mol. The largest absolute Gasteiger partial charge is 0.507 e. The molecular formula is C24H28ClN3O5S. The van der Waals surface area contributed by atoms with Gasteiger partial charge in [-0.3, -0.25) is 9.59 Å². The van der Waals surface area contributed by atoms with Crippen LogP contribution in [0.25, 0.3) is 5.76 Å². The van der Waals surface area contributed by atoms with Crippen LogP contribution in [0.5, 0.6) is 0 Å². The first kappa shape index (κ1) is 25.9. The first-order valence-electron chi connectivity index (χ1n) is 10.7. The molecule has 10 heteroatoms. The summed E-state index contributed by atoms with van der Waals surface area (Å²) in [7, 11) is 3.04. The quantitative estimate of drug-likeness (QED) is 0.336. The van der Waals surface area contributed by atoms with E-state index in [1.807, 2.05) is 19.0 Å². The van der Waals surface area contributed by atoms with E-state index in [2.05, 4.69) is 0 Å². The van der Waals surface area contributed by atoms with Crippen LogP contribution in [0.3, 0.4) is 0 Å². The molecule has 0 aromatic heterocycles. The lowest BCUT2D eigenvalue weighted by molar-refractivity contribution is -0.139. The van der Waals surface area contributed by atoms with Crippen LogP contribution in [0.4, 0.5) is 0 Å². The predicted molar refractivity (Wildman–Crippen MR) is 131 cm³/mol. The minimum atomic E-state index is -3.65. The van der Waals surface area contributed by atoms with Gasteiger partial charge in [-0.05, 0) is 69.0 Å². The van der Waals surface area contributed by atoms with Gasteiger partial charge in [0.05, 0.1) is 16.5 Å². The van der Waals surface area contributed by atoms with Crippen molar-refractivity contribution in [3.63, 3.8) is 0 Å².